The van der Waals surface area contributed by atoms with Crippen molar-refractivity contribution in [2.75, 3.05) is 11.4 Å². The Morgan fingerprint density at radius 1 is 1.38 bits per heavy atom. The average Bonchev–Trinajstić information content (AvgIpc) is 2.94. The Morgan fingerprint density at radius 3 is 2.71 bits per heavy atom. The van der Waals surface area contributed by atoms with E-state index in [2.05, 4.69) is 29.4 Å². The molecule has 0 aliphatic carbocycles. The van der Waals surface area contributed by atoms with Crippen molar-refractivity contribution in [2.24, 2.45) is 0 Å². The third kappa shape index (κ3) is 4.12. The van der Waals surface area contributed by atoms with Gasteiger partial charge in [-0.1, -0.05) is 30.3 Å². The summed E-state index contributed by atoms with van der Waals surface area (Å²) in [5, 5.41) is 6.23. The van der Waals surface area contributed by atoms with Gasteiger partial charge in [-0.15, -0.1) is 11.3 Å². The van der Waals surface area contributed by atoms with Crippen LogP contribution < -0.4 is 10.2 Å². The first-order valence-electron chi connectivity index (χ1n) is 7.12. The molecule has 1 heterocycles. The molecule has 2 rings (SSSR count). The maximum atomic E-state index is 11.5. The van der Waals surface area contributed by atoms with Gasteiger partial charge in [-0.2, -0.15) is 0 Å². The molecule has 0 bridgehead atoms. The summed E-state index contributed by atoms with van der Waals surface area (Å²) in [6.45, 7) is 7.01. The third-order valence-corrected chi connectivity index (χ3v) is 4.27. The summed E-state index contributed by atoms with van der Waals surface area (Å²) in [6, 6.07) is 10.6. The SMILES string of the molecule is CCN(C(C)=O)c1nc(CN[C@@H](C)c2ccccc2)cs1. The molecule has 1 aromatic carbocycles. The van der Waals surface area contributed by atoms with Gasteiger partial charge in [0, 0.05) is 31.4 Å². The summed E-state index contributed by atoms with van der Waals surface area (Å²) in [6.07, 6.45) is 0. The number of carbonyl (C=O) groups is 1. The standard InChI is InChI=1S/C16H21N3OS/c1-4-19(13(3)20)16-18-15(11-21-16)10-17-12(2)14-8-6-5-7-9-14/h5-9,11-12,17H,4,10H2,1-3H3/t12-/m0/s1. The summed E-state index contributed by atoms with van der Waals surface area (Å²) in [4.78, 5) is 17.7. The van der Waals surface area contributed by atoms with Crippen LogP contribution in [0.1, 0.15) is 38.1 Å². The van der Waals surface area contributed by atoms with E-state index >= 15 is 0 Å². The highest BCUT2D eigenvalue weighted by Crippen LogP contribution is 2.21. The monoisotopic (exact) mass is 303 g/mol. The lowest BCUT2D eigenvalue weighted by atomic mass is 10.1. The maximum absolute atomic E-state index is 11.5. The van der Waals surface area contributed by atoms with E-state index in [1.165, 1.54) is 16.9 Å². The summed E-state index contributed by atoms with van der Waals surface area (Å²) in [7, 11) is 0. The van der Waals surface area contributed by atoms with Crippen LogP contribution in [-0.2, 0) is 11.3 Å². The van der Waals surface area contributed by atoms with E-state index < -0.39 is 0 Å². The van der Waals surface area contributed by atoms with E-state index in [1.807, 2.05) is 30.5 Å². The van der Waals surface area contributed by atoms with Gasteiger partial charge < -0.3 is 5.32 Å². The van der Waals surface area contributed by atoms with Gasteiger partial charge in [-0.05, 0) is 19.4 Å². The number of carbonyl (C=O) groups excluding carboxylic acids is 1. The molecule has 4 nitrogen and oxygen atoms in total. The Balaban J connectivity index is 1.95. The number of nitrogens with one attached hydrogen (secondary N) is 1. The molecule has 1 N–H and O–H groups in total. The Hall–Kier alpha value is -1.72. The van der Waals surface area contributed by atoms with Crippen LogP contribution in [0.2, 0.25) is 0 Å². The first-order chi connectivity index (χ1) is 10.1. The second-order valence-corrected chi connectivity index (χ2v) is 5.73. The largest absolute Gasteiger partial charge is 0.305 e. The highest BCUT2D eigenvalue weighted by Gasteiger charge is 2.13. The molecule has 0 fully saturated rings. The average molecular weight is 303 g/mol. The number of hydrogen-bond acceptors (Lipinski definition) is 4. The van der Waals surface area contributed by atoms with Crippen molar-refractivity contribution in [1.82, 2.24) is 10.3 Å². The van der Waals surface area contributed by atoms with Gasteiger partial charge in [-0.25, -0.2) is 4.98 Å². The molecule has 0 aliphatic heterocycles. The predicted octanol–water partition coefficient (Wildman–Crippen LogP) is 3.37. The number of thiazole rings is 1. The van der Waals surface area contributed by atoms with Gasteiger partial charge in [0.05, 0.1) is 5.69 Å². The van der Waals surface area contributed by atoms with Crippen molar-refractivity contribution in [1.29, 1.82) is 0 Å². The van der Waals surface area contributed by atoms with Gasteiger partial charge in [0.2, 0.25) is 5.91 Å². The lowest BCUT2D eigenvalue weighted by Gasteiger charge is -2.15. The van der Waals surface area contributed by atoms with Crippen molar-refractivity contribution in [3.05, 3.63) is 47.0 Å². The number of hydrogen-bond donors (Lipinski definition) is 1. The molecule has 112 valence electrons. The summed E-state index contributed by atoms with van der Waals surface area (Å²) in [5.41, 5.74) is 2.23. The van der Waals surface area contributed by atoms with E-state index in [-0.39, 0.29) is 11.9 Å². The summed E-state index contributed by atoms with van der Waals surface area (Å²) >= 11 is 1.51. The number of rotatable bonds is 6. The smallest absolute Gasteiger partial charge is 0.225 e. The minimum atomic E-state index is 0.0315. The molecule has 5 heteroatoms. The Kier molecular flexibility index (Phi) is 5.47. The Morgan fingerprint density at radius 2 is 2.10 bits per heavy atom. The molecular weight excluding hydrogens is 282 g/mol. The van der Waals surface area contributed by atoms with Gasteiger partial charge in [0.25, 0.3) is 0 Å². The number of amides is 1. The quantitative estimate of drug-likeness (QED) is 0.890. The lowest BCUT2D eigenvalue weighted by Crippen LogP contribution is -2.27. The number of anilines is 1. The number of benzene rings is 1. The van der Waals surface area contributed by atoms with Crippen molar-refractivity contribution in [3.63, 3.8) is 0 Å². The second-order valence-electron chi connectivity index (χ2n) is 4.90. The normalized spacial score (nSPS) is 12.1. The van der Waals surface area contributed by atoms with E-state index in [4.69, 9.17) is 0 Å². The first kappa shape index (κ1) is 15.7. The van der Waals surface area contributed by atoms with Crippen LogP contribution in [-0.4, -0.2) is 17.4 Å². The van der Waals surface area contributed by atoms with Crippen molar-refractivity contribution in [3.8, 4) is 0 Å². The molecule has 1 atom stereocenters. The van der Waals surface area contributed by atoms with Gasteiger partial charge in [-0.3, -0.25) is 9.69 Å². The van der Waals surface area contributed by atoms with Gasteiger partial charge in [0.1, 0.15) is 0 Å². The lowest BCUT2D eigenvalue weighted by molar-refractivity contribution is -0.116. The minimum absolute atomic E-state index is 0.0315. The molecule has 0 radical (unpaired) electrons. The van der Waals surface area contributed by atoms with E-state index in [9.17, 15) is 4.79 Å². The highest BCUT2D eigenvalue weighted by atomic mass is 32.1. The molecule has 0 saturated carbocycles. The first-order valence-corrected chi connectivity index (χ1v) is 8.00. The molecular formula is C16H21N3OS. The molecule has 0 spiro atoms. The van der Waals surface area contributed by atoms with Crippen molar-refractivity contribution < 1.29 is 4.79 Å². The number of aromatic nitrogens is 1. The van der Waals surface area contributed by atoms with E-state index in [0.29, 0.717) is 13.1 Å². The van der Waals surface area contributed by atoms with Crippen LogP contribution in [0.25, 0.3) is 0 Å². The van der Waals surface area contributed by atoms with Gasteiger partial charge >= 0.3 is 0 Å². The molecule has 1 amide bonds. The van der Waals surface area contributed by atoms with E-state index in [1.54, 1.807) is 11.8 Å². The molecule has 0 saturated heterocycles. The molecule has 0 unspecified atom stereocenters. The van der Waals surface area contributed by atoms with Crippen LogP contribution in [0.5, 0.6) is 0 Å². The van der Waals surface area contributed by atoms with Crippen LogP contribution in [0.4, 0.5) is 5.13 Å². The predicted molar refractivity (Wildman–Crippen MR) is 87.5 cm³/mol. The van der Waals surface area contributed by atoms with Crippen LogP contribution in [0, 0.1) is 0 Å². The topological polar surface area (TPSA) is 45.2 Å². The summed E-state index contributed by atoms with van der Waals surface area (Å²) < 4.78 is 0. The molecule has 0 aliphatic rings. The summed E-state index contributed by atoms with van der Waals surface area (Å²) in [5.74, 6) is 0.0315. The fourth-order valence-corrected chi connectivity index (χ4v) is 3.04. The number of nitrogens with zero attached hydrogens (tertiary/aromatic N) is 2. The van der Waals surface area contributed by atoms with Crippen LogP contribution in [0.15, 0.2) is 35.7 Å². The van der Waals surface area contributed by atoms with E-state index in [0.717, 1.165) is 10.8 Å². The van der Waals surface area contributed by atoms with Crippen molar-refractivity contribution >= 4 is 22.4 Å². The zero-order valence-electron chi connectivity index (χ0n) is 12.7. The zero-order valence-corrected chi connectivity index (χ0v) is 13.5. The van der Waals surface area contributed by atoms with Crippen LogP contribution >= 0.6 is 11.3 Å². The fraction of sp³-hybridized carbons (Fsp3) is 0.375. The molecule has 2 aromatic rings. The maximum Gasteiger partial charge on any atom is 0.225 e. The second kappa shape index (κ2) is 7.33. The Bertz CT molecular complexity index is 582. The fourth-order valence-electron chi connectivity index (χ4n) is 2.11. The molecule has 21 heavy (non-hydrogen) atoms. The molecule has 1 aromatic heterocycles. The zero-order chi connectivity index (χ0) is 15.2. The van der Waals surface area contributed by atoms with Crippen molar-refractivity contribution in [2.45, 2.75) is 33.4 Å². The van der Waals surface area contributed by atoms with Crippen LogP contribution in [0.3, 0.4) is 0 Å². The third-order valence-electron chi connectivity index (χ3n) is 3.36. The minimum Gasteiger partial charge on any atom is -0.305 e. The van der Waals surface area contributed by atoms with Gasteiger partial charge in [0.15, 0.2) is 5.13 Å². The highest BCUT2D eigenvalue weighted by molar-refractivity contribution is 7.14. The Labute approximate surface area is 129 Å².